The van der Waals surface area contributed by atoms with Crippen molar-refractivity contribution in [2.24, 2.45) is 0 Å². The summed E-state index contributed by atoms with van der Waals surface area (Å²) in [5.74, 6) is 0.0320. The normalized spacial score (nSPS) is 11.4. The highest BCUT2D eigenvalue weighted by Gasteiger charge is 2.14. The van der Waals surface area contributed by atoms with Crippen LogP contribution in [0.1, 0.15) is 27.2 Å². The molecule has 112 valence electrons. The average molecular weight is 303 g/mol. The zero-order chi connectivity index (χ0) is 15.5. The van der Waals surface area contributed by atoms with Crippen molar-refractivity contribution in [3.8, 4) is 11.3 Å². The number of nitrogens with one attached hydrogen (secondary N) is 2. The maximum Gasteiger partial charge on any atom is 0.222 e. The first kappa shape index (κ1) is 15.5. The number of benzene rings is 1. The van der Waals surface area contributed by atoms with Gasteiger partial charge in [0.2, 0.25) is 5.91 Å². The van der Waals surface area contributed by atoms with Crippen molar-refractivity contribution in [2.75, 3.05) is 0 Å². The molecule has 0 fully saturated rings. The smallest absolute Gasteiger partial charge is 0.222 e. The third-order valence-corrected chi connectivity index (χ3v) is 3.35. The molecule has 4 nitrogen and oxygen atoms in total. The van der Waals surface area contributed by atoms with E-state index < -0.39 is 0 Å². The summed E-state index contributed by atoms with van der Waals surface area (Å²) in [7, 11) is 0. The van der Waals surface area contributed by atoms with Crippen LogP contribution in [0.4, 0.5) is 0 Å². The molecule has 2 rings (SSSR count). The molecule has 1 aromatic heterocycles. The molecular formula is C16H21N3OS. The number of hydrogen-bond donors (Lipinski definition) is 2. The van der Waals surface area contributed by atoms with Gasteiger partial charge in [0, 0.05) is 24.7 Å². The summed E-state index contributed by atoms with van der Waals surface area (Å²) in [4.78, 5) is 15.0. The van der Waals surface area contributed by atoms with Gasteiger partial charge in [-0.15, -0.1) is 0 Å². The number of H-pyrrole nitrogens is 1. The average Bonchev–Trinajstić information content (AvgIpc) is 2.77. The Morgan fingerprint density at radius 3 is 2.57 bits per heavy atom. The van der Waals surface area contributed by atoms with Crippen molar-refractivity contribution in [3.05, 3.63) is 41.3 Å². The zero-order valence-corrected chi connectivity index (χ0v) is 13.5. The van der Waals surface area contributed by atoms with Crippen molar-refractivity contribution < 1.29 is 4.79 Å². The fraction of sp³-hybridized carbons (Fsp3) is 0.375. The van der Waals surface area contributed by atoms with E-state index in [1.807, 2.05) is 61.9 Å². The number of hydrogen-bond acceptors (Lipinski definition) is 2. The molecule has 0 aliphatic carbocycles. The van der Waals surface area contributed by atoms with E-state index in [9.17, 15) is 4.79 Å². The van der Waals surface area contributed by atoms with Crippen molar-refractivity contribution in [2.45, 2.75) is 39.3 Å². The molecule has 0 aliphatic rings. The summed E-state index contributed by atoms with van der Waals surface area (Å²) >= 11 is 5.31. The molecule has 21 heavy (non-hydrogen) atoms. The minimum absolute atomic E-state index is 0.0320. The van der Waals surface area contributed by atoms with E-state index in [0.29, 0.717) is 17.7 Å². The van der Waals surface area contributed by atoms with Gasteiger partial charge >= 0.3 is 0 Å². The van der Waals surface area contributed by atoms with Gasteiger partial charge in [-0.2, -0.15) is 0 Å². The Morgan fingerprint density at radius 1 is 1.29 bits per heavy atom. The molecule has 0 unspecified atom stereocenters. The Labute approximate surface area is 130 Å². The molecule has 5 heteroatoms. The van der Waals surface area contributed by atoms with E-state index in [4.69, 9.17) is 12.2 Å². The van der Waals surface area contributed by atoms with Crippen LogP contribution in [0.2, 0.25) is 0 Å². The van der Waals surface area contributed by atoms with Crippen molar-refractivity contribution in [1.29, 1.82) is 0 Å². The van der Waals surface area contributed by atoms with Gasteiger partial charge in [-0.1, -0.05) is 30.3 Å². The maximum absolute atomic E-state index is 11.9. The number of carbonyl (C=O) groups excluding carboxylic acids is 1. The minimum Gasteiger partial charge on any atom is -0.351 e. The molecule has 0 aliphatic heterocycles. The van der Waals surface area contributed by atoms with Gasteiger partial charge in [0.05, 0.1) is 5.69 Å². The lowest BCUT2D eigenvalue weighted by molar-refractivity contribution is -0.122. The topological polar surface area (TPSA) is 49.8 Å². The maximum atomic E-state index is 11.9. The monoisotopic (exact) mass is 303 g/mol. The highest BCUT2D eigenvalue weighted by Crippen LogP contribution is 2.19. The van der Waals surface area contributed by atoms with E-state index in [1.54, 1.807) is 0 Å². The SMILES string of the molecule is CC(C)(C)NC(=O)CCn1c(-c2ccccc2)c[nH]c1=S. The Bertz CT molecular complexity index is 665. The van der Waals surface area contributed by atoms with Gasteiger partial charge in [0.1, 0.15) is 0 Å². The lowest BCUT2D eigenvalue weighted by Gasteiger charge is -2.20. The standard InChI is InChI=1S/C16H21N3OS/c1-16(2,3)18-14(20)9-10-19-13(11-17-15(19)21)12-7-5-4-6-8-12/h4-8,11H,9-10H2,1-3H3,(H,17,21)(H,18,20). The zero-order valence-electron chi connectivity index (χ0n) is 12.6. The molecule has 0 bridgehead atoms. The first-order chi connectivity index (χ1) is 9.87. The van der Waals surface area contributed by atoms with Gasteiger partial charge in [0.25, 0.3) is 0 Å². The fourth-order valence-electron chi connectivity index (χ4n) is 2.16. The van der Waals surface area contributed by atoms with Crippen LogP contribution in [0, 0.1) is 4.77 Å². The molecule has 0 saturated heterocycles. The number of amides is 1. The lowest BCUT2D eigenvalue weighted by atomic mass is 10.1. The largest absolute Gasteiger partial charge is 0.351 e. The highest BCUT2D eigenvalue weighted by molar-refractivity contribution is 7.71. The summed E-state index contributed by atoms with van der Waals surface area (Å²) in [5, 5.41) is 2.96. The van der Waals surface area contributed by atoms with Gasteiger partial charge < -0.3 is 14.9 Å². The van der Waals surface area contributed by atoms with E-state index in [1.165, 1.54) is 0 Å². The van der Waals surface area contributed by atoms with E-state index in [0.717, 1.165) is 11.3 Å². The molecule has 2 aromatic rings. The Kier molecular flexibility index (Phi) is 4.63. The molecule has 0 spiro atoms. The van der Waals surface area contributed by atoms with Gasteiger partial charge in [0.15, 0.2) is 4.77 Å². The second kappa shape index (κ2) is 6.26. The minimum atomic E-state index is -0.209. The Hall–Kier alpha value is -1.88. The predicted molar refractivity (Wildman–Crippen MR) is 87.6 cm³/mol. The molecule has 0 saturated carbocycles. The van der Waals surface area contributed by atoms with Crippen LogP contribution >= 0.6 is 12.2 Å². The van der Waals surface area contributed by atoms with Crippen LogP contribution in [-0.2, 0) is 11.3 Å². The predicted octanol–water partition coefficient (Wildman–Crippen LogP) is 3.52. The second-order valence-corrected chi connectivity index (χ2v) is 6.43. The van der Waals surface area contributed by atoms with Crippen LogP contribution in [0.15, 0.2) is 36.5 Å². The molecule has 1 amide bonds. The highest BCUT2D eigenvalue weighted by atomic mass is 32.1. The Morgan fingerprint density at radius 2 is 1.95 bits per heavy atom. The fourth-order valence-corrected chi connectivity index (χ4v) is 2.41. The summed E-state index contributed by atoms with van der Waals surface area (Å²) in [6, 6.07) is 10.0. The molecular weight excluding hydrogens is 282 g/mol. The summed E-state index contributed by atoms with van der Waals surface area (Å²) in [5.41, 5.74) is 1.88. The summed E-state index contributed by atoms with van der Waals surface area (Å²) in [6.07, 6.45) is 2.29. The van der Waals surface area contributed by atoms with E-state index in [2.05, 4.69) is 10.3 Å². The summed E-state index contributed by atoms with van der Waals surface area (Å²) in [6.45, 7) is 6.49. The molecule has 0 atom stereocenters. The summed E-state index contributed by atoms with van der Waals surface area (Å²) < 4.78 is 2.60. The quantitative estimate of drug-likeness (QED) is 0.849. The second-order valence-electron chi connectivity index (χ2n) is 6.04. The van der Waals surface area contributed by atoms with Crippen molar-refractivity contribution >= 4 is 18.1 Å². The Balaban J connectivity index is 2.13. The van der Waals surface area contributed by atoms with Crippen LogP contribution in [-0.4, -0.2) is 21.0 Å². The van der Waals surface area contributed by atoms with E-state index in [-0.39, 0.29) is 11.4 Å². The number of nitrogens with zero attached hydrogens (tertiary/aromatic N) is 1. The number of rotatable bonds is 4. The van der Waals surface area contributed by atoms with Crippen molar-refractivity contribution in [3.63, 3.8) is 0 Å². The number of aromatic amines is 1. The molecule has 2 N–H and O–H groups in total. The van der Waals surface area contributed by atoms with Crippen LogP contribution < -0.4 is 5.32 Å². The van der Waals surface area contributed by atoms with Crippen LogP contribution in [0.5, 0.6) is 0 Å². The van der Waals surface area contributed by atoms with Crippen LogP contribution in [0.25, 0.3) is 11.3 Å². The third-order valence-electron chi connectivity index (χ3n) is 3.01. The first-order valence-electron chi connectivity index (χ1n) is 7.01. The van der Waals surface area contributed by atoms with Gasteiger partial charge in [-0.25, -0.2) is 0 Å². The third kappa shape index (κ3) is 4.29. The van der Waals surface area contributed by atoms with Crippen LogP contribution in [0.3, 0.4) is 0 Å². The molecule has 0 radical (unpaired) electrons. The van der Waals surface area contributed by atoms with E-state index >= 15 is 0 Å². The molecule has 1 heterocycles. The lowest BCUT2D eigenvalue weighted by Crippen LogP contribution is -2.40. The number of aromatic nitrogens is 2. The first-order valence-corrected chi connectivity index (χ1v) is 7.42. The van der Waals surface area contributed by atoms with Gasteiger partial charge in [-0.3, -0.25) is 4.79 Å². The molecule has 1 aromatic carbocycles. The number of imidazole rings is 1. The van der Waals surface area contributed by atoms with Crippen molar-refractivity contribution in [1.82, 2.24) is 14.9 Å². The number of carbonyl (C=O) groups is 1. The van der Waals surface area contributed by atoms with Gasteiger partial charge in [-0.05, 0) is 38.6 Å².